The number of nitrogen functional groups attached to an aromatic ring is 1. The summed E-state index contributed by atoms with van der Waals surface area (Å²) in [5.41, 5.74) is 10.9. The molecule has 96 valence electrons. The van der Waals surface area contributed by atoms with E-state index in [0.717, 1.165) is 32.6 Å². The maximum atomic E-state index is 5.85. The molecule has 3 aromatic rings. The zero-order valence-corrected chi connectivity index (χ0v) is 12.4. The van der Waals surface area contributed by atoms with Crippen molar-refractivity contribution in [2.24, 2.45) is 7.05 Å². The molecule has 1 aromatic heterocycles. The van der Waals surface area contributed by atoms with Crippen LogP contribution >= 0.6 is 15.9 Å². The number of hydrogen-bond acceptors (Lipinski definition) is 2. The minimum Gasteiger partial charge on any atom is -0.399 e. The molecule has 3 nitrogen and oxygen atoms in total. The molecule has 2 N–H and O–H groups in total. The van der Waals surface area contributed by atoms with Gasteiger partial charge in [0.25, 0.3) is 0 Å². The molecule has 0 spiro atoms. The number of fused-ring (bicyclic) bond motifs is 1. The number of benzene rings is 2. The molecule has 4 heteroatoms. The molecule has 2 aromatic carbocycles. The maximum Gasteiger partial charge on any atom is 0.140 e. The van der Waals surface area contributed by atoms with Crippen molar-refractivity contribution in [2.75, 3.05) is 5.73 Å². The highest BCUT2D eigenvalue weighted by molar-refractivity contribution is 9.10. The van der Waals surface area contributed by atoms with Gasteiger partial charge < -0.3 is 10.3 Å². The Bertz CT molecular complexity index is 774. The number of rotatable bonds is 1. The molecule has 0 aliphatic carbocycles. The van der Waals surface area contributed by atoms with Gasteiger partial charge in [-0.3, -0.25) is 0 Å². The van der Waals surface area contributed by atoms with Crippen LogP contribution in [0.15, 0.2) is 40.9 Å². The van der Waals surface area contributed by atoms with E-state index in [9.17, 15) is 0 Å². The van der Waals surface area contributed by atoms with Crippen LogP contribution in [0.3, 0.4) is 0 Å². The summed E-state index contributed by atoms with van der Waals surface area (Å²) >= 11 is 3.61. The normalized spacial score (nSPS) is 11.1. The Morgan fingerprint density at radius 1 is 1.21 bits per heavy atom. The Morgan fingerprint density at radius 3 is 2.74 bits per heavy atom. The number of nitrogens with two attached hydrogens (primary N) is 1. The molecule has 0 radical (unpaired) electrons. The van der Waals surface area contributed by atoms with Crippen molar-refractivity contribution in [3.8, 4) is 11.4 Å². The fraction of sp³-hybridized carbons (Fsp3) is 0.133. The van der Waals surface area contributed by atoms with Crippen molar-refractivity contribution < 1.29 is 0 Å². The van der Waals surface area contributed by atoms with Crippen molar-refractivity contribution in [3.63, 3.8) is 0 Å². The minimum atomic E-state index is 0.750. The van der Waals surface area contributed by atoms with Crippen LogP contribution in [0, 0.1) is 6.92 Å². The zero-order valence-electron chi connectivity index (χ0n) is 10.8. The van der Waals surface area contributed by atoms with Crippen molar-refractivity contribution in [1.82, 2.24) is 9.55 Å². The van der Waals surface area contributed by atoms with Crippen LogP contribution in [0.25, 0.3) is 22.4 Å². The quantitative estimate of drug-likeness (QED) is 0.692. The monoisotopic (exact) mass is 315 g/mol. The smallest absolute Gasteiger partial charge is 0.140 e. The third-order valence-corrected chi connectivity index (χ3v) is 3.82. The van der Waals surface area contributed by atoms with E-state index in [1.807, 2.05) is 31.3 Å². The summed E-state index contributed by atoms with van der Waals surface area (Å²) in [4.78, 5) is 4.72. The van der Waals surface area contributed by atoms with Gasteiger partial charge in [0, 0.05) is 22.8 Å². The second kappa shape index (κ2) is 4.38. The topological polar surface area (TPSA) is 43.8 Å². The molecule has 0 fully saturated rings. The Balaban J connectivity index is 2.31. The first kappa shape index (κ1) is 12.2. The van der Waals surface area contributed by atoms with E-state index >= 15 is 0 Å². The Morgan fingerprint density at radius 2 is 2.00 bits per heavy atom. The molecule has 0 bridgehead atoms. The SMILES string of the molecule is Cc1cc(Br)c2c(c1)nc(-c1cccc(N)c1)n2C. The van der Waals surface area contributed by atoms with E-state index in [1.54, 1.807) is 0 Å². The first-order chi connectivity index (χ1) is 9.06. The van der Waals surface area contributed by atoms with E-state index in [1.165, 1.54) is 5.56 Å². The van der Waals surface area contributed by atoms with Gasteiger partial charge in [-0.15, -0.1) is 0 Å². The lowest BCUT2D eigenvalue weighted by atomic mass is 10.2. The zero-order chi connectivity index (χ0) is 13.6. The largest absolute Gasteiger partial charge is 0.399 e. The average molecular weight is 316 g/mol. The first-order valence-corrected chi connectivity index (χ1v) is 6.84. The lowest BCUT2D eigenvalue weighted by Crippen LogP contribution is -1.94. The summed E-state index contributed by atoms with van der Waals surface area (Å²) in [6, 6.07) is 12.0. The number of anilines is 1. The summed E-state index contributed by atoms with van der Waals surface area (Å²) in [6.45, 7) is 2.07. The second-order valence-electron chi connectivity index (χ2n) is 4.73. The first-order valence-electron chi connectivity index (χ1n) is 6.05. The molecule has 0 amide bonds. The number of aromatic nitrogens is 2. The molecule has 0 saturated heterocycles. The third kappa shape index (κ3) is 2.02. The van der Waals surface area contributed by atoms with Crippen LogP contribution < -0.4 is 5.73 Å². The third-order valence-electron chi connectivity index (χ3n) is 3.21. The fourth-order valence-corrected chi connectivity index (χ4v) is 3.19. The van der Waals surface area contributed by atoms with Gasteiger partial charge in [-0.1, -0.05) is 12.1 Å². The van der Waals surface area contributed by atoms with Gasteiger partial charge in [0.05, 0.1) is 11.0 Å². The standard InChI is InChI=1S/C15H14BrN3/c1-9-6-12(16)14-13(7-9)18-15(19(14)2)10-4-3-5-11(17)8-10/h3-8H,17H2,1-2H3. The van der Waals surface area contributed by atoms with Gasteiger partial charge in [-0.25, -0.2) is 4.98 Å². The summed E-state index contributed by atoms with van der Waals surface area (Å²) in [5, 5.41) is 0. The molecular weight excluding hydrogens is 302 g/mol. The molecular formula is C15H14BrN3. The van der Waals surface area contributed by atoms with Crippen molar-refractivity contribution in [2.45, 2.75) is 6.92 Å². The molecule has 3 rings (SSSR count). The number of aryl methyl sites for hydroxylation is 2. The van der Waals surface area contributed by atoms with Crippen LogP contribution in [0.2, 0.25) is 0 Å². The Kier molecular flexibility index (Phi) is 2.82. The highest BCUT2D eigenvalue weighted by Crippen LogP contribution is 2.30. The Labute approximate surface area is 120 Å². The number of halogens is 1. The Hall–Kier alpha value is -1.81. The number of hydrogen-bond donors (Lipinski definition) is 1. The fourth-order valence-electron chi connectivity index (χ4n) is 2.36. The van der Waals surface area contributed by atoms with Gasteiger partial charge in [0.2, 0.25) is 0 Å². The molecule has 19 heavy (non-hydrogen) atoms. The van der Waals surface area contributed by atoms with Crippen molar-refractivity contribution >= 4 is 32.7 Å². The maximum absolute atomic E-state index is 5.85. The van der Waals surface area contributed by atoms with E-state index < -0.39 is 0 Å². The highest BCUT2D eigenvalue weighted by Gasteiger charge is 2.12. The lowest BCUT2D eigenvalue weighted by molar-refractivity contribution is 0.957. The van der Waals surface area contributed by atoms with E-state index in [4.69, 9.17) is 10.7 Å². The number of imidazole rings is 1. The van der Waals surface area contributed by atoms with E-state index in [-0.39, 0.29) is 0 Å². The minimum absolute atomic E-state index is 0.750. The molecule has 0 aliphatic rings. The van der Waals surface area contributed by atoms with Gasteiger partial charge in [-0.2, -0.15) is 0 Å². The second-order valence-corrected chi connectivity index (χ2v) is 5.59. The molecule has 1 heterocycles. The molecule has 0 unspecified atom stereocenters. The summed E-state index contributed by atoms with van der Waals surface area (Å²) in [5.74, 6) is 0.925. The van der Waals surface area contributed by atoms with E-state index in [0.29, 0.717) is 0 Å². The van der Waals surface area contributed by atoms with Crippen LogP contribution in [-0.2, 0) is 7.05 Å². The molecule has 0 aliphatic heterocycles. The van der Waals surface area contributed by atoms with Gasteiger partial charge in [0.1, 0.15) is 5.82 Å². The van der Waals surface area contributed by atoms with Gasteiger partial charge in [0.15, 0.2) is 0 Å². The molecule has 0 atom stereocenters. The summed E-state index contributed by atoms with van der Waals surface area (Å²) in [7, 11) is 2.02. The van der Waals surface area contributed by atoms with Crippen LogP contribution in [0.4, 0.5) is 5.69 Å². The van der Waals surface area contributed by atoms with Crippen LogP contribution in [-0.4, -0.2) is 9.55 Å². The van der Waals surface area contributed by atoms with Gasteiger partial charge in [-0.05, 0) is 52.7 Å². The lowest BCUT2D eigenvalue weighted by Gasteiger charge is -2.04. The molecule has 0 saturated carbocycles. The predicted molar refractivity (Wildman–Crippen MR) is 83.0 cm³/mol. The summed E-state index contributed by atoms with van der Waals surface area (Å²) in [6.07, 6.45) is 0. The number of nitrogens with zero attached hydrogens (tertiary/aromatic N) is 2. The van der Waals surface area contributed by atoms with Crippen molar-refractivity contribution in [1.29, 1.82) is 0 Å². The van der Waals surface area contributed by atoms with Gasteiger partial charge >= 0.3 is 0 Å². The summed E-state index contributed by atoms with van der Waals surface area (Å²) < 4.78 is 3.15. The average Bonchev–Trinajstić information content (AvgIpc) is 2.66. The van der Waals surface area contributed by atoms with E-state index in [2.05, 4.69) is 39.6 Å². The predicted octanol–water partition coefficient (Wildman–Crippen LogP) is 3.89. The van der Waals surface area contributed by atoms with Crippen LogP contribution in [0.5, 0.6) is 0 Å². The highest BCUT2D eigenvalue weighted by atomic mass is 79.9. The van der Waals surface area contributed by atoms with Crippen molar-refractivity contribution in [3.05, 3.63) is 46.4 Å². The van der Waals surface area contributed by atoms with Crippen LogP contribution in [0.1, 0.15) is 5.56 Å².